The number of hydrogen-bond donors (Lipinski definition) is 2. The molecule has 0 aliphatic carbocycles. The highest BCUT2D eigenvalue weighted by Gasteiger charge is 2.23. The van der Waals surface area contributed by atoms with Crippen LogP contribution in [0.1, 0.15) is 21.5 Å². The lowest BCUT2D eigenvalue weighted by atomic mass is 10.1. The van der Waals surface area contributed by atoms with Crippen molar-refractivity contribution in [2.24, 2.45) is 0 Å². The van der Waals surface area contributed by atoms with Crippen molar-refractivity contribution in [3.8, 4) is 11.5 Å². The van der Waals surface area contributed by atoms with E-state index < -0.39 is 22.5 Å². The minimum atomic E-state index is -3.84. The monoisotopic (exact) mass is 525 g/mol. The third-order valence-corrected chi connectivity index (χ3v) is 7.51. The maximum Gasteiger partial charge on any atom is 0.253 e. The molecule has 0 saturated heterocycles. The zero-order valence-electron chi connectivity index (χ0n) is 21.3. The van der Waals surface area contributed by atoms with Crippen LogP contribution < -0.4 is 20.1 Å². The topological polar surface area (TPSA) is 114 Å². The van der Waals surface area contributed by atoms with Crippen molar-refractivity contribution in [1.29, 1.82) is 0 Å². The van der Waals surface area contributed by atoms with Crippen LogP contribution in [-0.4, -0.2) is 58.9 Å². The molecule has 9 nitrogen and oxygen atoms in total. The average molecular weight is 526 g/mol. The molecule has 0 spiro atoms. The number of nitrogens with zero attached hydrogens (tertiary/aromatic N) is 1. The second kappa shape index (κ2) is 12.4. The van der Waals surface area contributed by atoms with Gasteiger partial charge in [0.05, 0.1) is 36.9 Å². The number of hydrogen-bond acceptors (Lipinski definition) is 6. The zero-order chi connectivity index (χ0) is 27.0. The van der Waals surface area contributed by atoms with E-state index in [1.165, 1.54) is 19.2 Å². The smallest absolute Gasteiger partial charge is 0.253 e. The molecule has 0 aliphatic rings. The third kappa shape index (κ3) is 7.08. The summed E-state index contributed by atoms with van der Waals surface area (Å²) >= 11 is 0. The van der Waals surface area contributed by atoms with Crippen molar-refractivity contribution in [1.82, 2.24) is 9.62 Å². The molecular weight excluding hydrogens is 494 g/mol. The van der Waals surface area contributed by atoms with Crippen molar-refractivity contribution in [3.63, 3.8) is 0 Å². The highest BCUT2D eigenvalue weighted by Crippen LogP contribution is 2.27. The number of nitrogens with one attached hydrogen (secondary N) is 2. The molecule has 0 aromatic heterocycles. The van der Waals surface area contributed by atoms with Gasteiger partial charge in [-0.15, -0.1) is 0 Å². The van der Waals surface area contributed by atoms with Gasteiger partial charge in [0.1, 0.15) is 0 Å². The van der Waals surface area contributed by atoms with E-state index in [0.29, 0.717) is 24.5 Å². The van der Waals surface area contributed by atoms with Gasteiger partial charge in [0, 0.05) is 13.6 Å². The number of carbonyl (C=O) groups is 2. The molecule has 0 fully saturated rings. The van der Waals surface area contributed by atoms with E-state index >= 15 is 0 Å². The third-order valence-electron chi connectivity index (χ3n) is 5.69. The van der Waals surface area contributed by atoms with Gasteiger partial charge in [-0.1, -0.05) is 35.9 Å². The molecule has 10 heteroatoms. The van der Waals surface area contributed by atoms with Crippen LogP contribution in [0.4, 0.5) is 5.69 Å². The summed E-state index contributed by atoms with van der Waals surface area (Å²) in [5.74, 6) is 0.298. The van der Waals surface area contributed by atoms with Crippen LogP contribution in [-0.2, 0) is 21.2 Å². The molecule has 37 heavy (non-hydrogen) atoms. The highest BCUT2D eigenvalue weighted by molar-refractivity contribution is 7.89. The van der Waals surface area contributed by atoms with Crippen molar-refractivity contribution >= 4 is 27.5 Å². The van der Waals surface area contributed by atoms with Crippen LogP contribution >= 0.6 is 0 Å². The summed E-state index contributed by atoms with van der Waals surface area (Å²) in [4.78, 5) is 25.6. The molecule has 0 radical (unpaired) electrons. The fourth-order valence-corrected chi connectivity index (χ4v) is 4.74. The molecule has 3 aromatic carbocycles. The number of methoxy groups -OCH3 is 2. The standard InChI is InChI=1S/C27H31N3O6S/c1-19-9-12-21(13-10-19)37(33,34)30(2)18-26(31)29-23-8-6-5-7-22(23)27(32)28-16-15-20-11-14-24(35-3)25(17-20)36-4/h5-14,17H,15-16,18H2,1-4H3,(H,28,32)(H,29,31). The second-order valence-corrected chi connectivity index (χ2v) is 10.4. The number of benzene rings is 3. The molecule has 0 unspecified atom stereocenters. The summed E-state index contributed by atoms with van der Waals surface area (Å²) < 4.78 is 37.1. The van der Waals surface area contributed by atoms with Crippen molar-refractivity contribution in [2.45, 2.75) is 18.2 Å². The van der Waals surface area contributed by atoms with Crippen molar-refractivity contribution in [2.75, 3.05) is 39.7 Å². The van der Waals surface area contributed by atoms with Gasteiger partial charge in [-0.25, -0.2) is 8.42 Å². The predicted molar refractivity (Wildman–Crippen MR) is 142 cm³/mol. The van der Waals surface area contributed by atoms with Crippen LogP contribution in [0.15, 0.2) is 71.6 Å². The first-order chi connectivity index (χ1) is 17.6. The Hall–Kier alpha value is -3.89. The number of anilines is 1. The molecule has 0 saturated carbocycles. The van der Waals surface area contributed by atoms with Crippen molar-refractivity contribution < 1.29 is 27.5 Å². The summed E-state index contributed by atoms with van der Waals surface area (Å²) in [6, 6.07) is 18.5. The molecule has 2 amide bonds. The number of rotatable bonds is 11. The fraction of sp³-hybridized carbons (Fsp3) is 0.259. The Kier molecular flexibility index (Phi) is 9.26. The largest absolute Gasteiger partial charge is 0.493 e. The summed E-state index contributed by atoms with van der Waals surface area (Å²) in [5.41, 5.74) is 2.44. The molecule has 196 valence electrons. The Morgan fingerprint density at radius 1 is 0.919 bits per heavy atom. The predicted octanol–water partition coefficient (Wildman–Crippen LogP) is 3.24. The lowest BCUT2D eigenvalue weighted by Gasteiger charge is -2.18. The first kappa shape index (κ1) is 27.7. The van der Waals surface area contributed by atoms with E-state index in [4.69, 9.17) is 9.47 Å². The number of sulfonamides is 1. The number of amides is 2. The Morgan fingerprint density at radius 2 is 1.59 bits per heavy atom. The van der Waals surface area contributed by atoms with E-state index in [1.54, 1.807) is 56.7 Å². The van der Waals surface area contributed by atoms with E-state index in [1.807, 2.05) is 19.1 Å². The summed E-state index contributed by atoms with van der Waals surface area (Å²) in [6.45, 7) is 1.80. The zero-order valence-corrected chi connectivity index (χ0v) is 22.1. The number of para-hydroxylation sites is 1. The quantitative estimate of drug-likeness (QED) is 0.397. The Balaban J connectivity index is 1.61. The first-order valence-corrected chi connectivity index (χ1v) is 13.0. The average Bonchev–Trinajstić information content (AvgIpc) is 2.88. The minimum absolute atomic E-state index is 0.0997. The van der Waals surface area contributed by atoms with Crippen LogP contribution in [0, 0.1) is 6.92 Å². The maximum atomic E-state index is 12.8. The van der Waals surface area contributed by atoms with Gasteiger partial charge < -0.3 is 20.1 Å². The van der Waals surface area contributed by atoms with E-state index in [9.17, 15) is 18.0 Å². The Bertz CT molecular complexity index is 1360. The number of carbonyl (C=O) groups excluding carboxylic acids is 2. The summed E-state index contributed by atoms with van der Waals surface area (Å²) in [6.07, 6.45) is 0.558. The Morgan fingerprint density at radius 3 is 2.27 bits per heavy atom. The molecule has 2 N–H and O–H groups in total. The van der Waals surface area contributed by atoms with Gasteiger partial charge in [-0.05, 0) is 55.3 Å². The lowest BCUT2D eigenvalue weighted by Crippen LogP contribution is -2.35. The van der Waals surface area contributed by atoms with Crippen molar-refractivity contribution in [3.05, 3.63) is 83.4 Å². The normalized spacial score (nSPS) is 11.2. The molecule has 3 rings (SSSR count). The molecule has 0 bridgehead atoms. The molecule has 0 atom stereocenters. The van der Waals surface area contributed by atoms with Crippen LogP contribution in [0.5, 0.6) is 11.5 Å². The maximum absolute atomic E-state index is 12.8. The Labute approximate surface area is 217 Å². The van der Waals surface area contributed by atoms with Crippen LogP contribution in [0.2, 0.25) is 0 Å². The van der Waals surface area contributed by atoms with Crippen LogP contribution in [0.3, 0.4) is 0 Å². The van der Waals surface area contributed by atoms with Gasteiger partial charge in [0.25, 0.3) is 5.91 Å². The van der Waals surface area contributed by atoms with Gasteiger partial charge in [-0.2, -0.15) is 4.31 Å². The van der Waals surface area contributed by atoms with E-state index in [-0.39, 0.29) is 22.1 Å². The van der Waals surface area contributed by atoms with E-state index in [2.05, 4.69) is 10.6 Å². The number of aryl methyl sites for hydroxylation is 1. The SMILES string of the molecule is COc1ccc(CCNC(=O)c2ccccc2NC(=O)CN(C)S(=O)(=O)c2ccc(C)cc2)cc1OC. The fourth-order valence-electron chi connectivity index (χ4n) is 3.61. The second-order valence-electron chi connectivity index (χ2n) is 8.36. The van der Waals surface area contributed by atoms with Gasteiger partial charge in [0.2, 0.25) is 15.9 Å². The lowest BCUT2D eigenvalue weighted by molar-refractivity contribution is -0.116. The summed E-state index contributed by atoms with van der Waals surface area (Å²) in [5, 5.41) is 5.50. The molecule has 0 aliphatic heterocycles. The number of likely N-dealkylation sites (N-methyl/N-ethyl adjacent to an activating group) is 1. The highest BCUT2D eigenvalue weighted by atomic mass is 32.2. The van der Waals surface area contributed by atoms with E-state index in [0.717, 1.165) is 15.4 Å². The first-order valence-electron chi connectivity index (χ1n) is 11.6. The van der Waals surface area contributed by atoms with Gasteiger partial charge >= 0.3 is 0 Å². The molecule has 0 heterocycles. The van der Waals surface area contributed by atoms with Gasteiger partial charge in [-0.3, -0.25) is 9.59 Å². The van der Waals surface area contributed by atoms with Crippen LogP contribution in [0.25, 0.3) is 0 Å². The molecule has 3 aromatic rings. The number of ether oxygens (including phenoxy) is 2. The molecular formula is C27H31N3O6S. The minimum Gasteiger partial charge on any atom is -0.493 e. The summed E-state index contributed by atoms with van der Waals surface area (Å²) in [7, 11) is 0.618. The van der Waals surface area contributed by atoms with Gasteiger partial charge in [0.15, 0.2) is 11.5 Å².